The van der Waals surface area contributed by atoms with Gasteiger partial charge < -0.3 is 15.0 Å². The zero-order valence-corrected chi connectivity index (χ0v) is 13.2. The fourth-order valence-electron chi connectivity index (χ4n) is 2.08. The molecule has 0 radical (unpaired) electrons. The molecule has 1 amide bonds. The molecule has 0 aromatic carbocycles. The number of H-pyrrole nitrogens is 1. The molecule has 0 bridgehead atoms. The molecule has 1 aromatic rings. The molecular weight excluding hydrogens is 270 g/mol. The van der Waals surface area contributed by atoms with Crippen LogP contribution in [0, 0.1) is 11.3 Å². The molecule has 0 fully saturated rings. The van der Waals surface area contributed by atoms with Crippen molar-refractivity contribution in [2.45, 2.75) is 40.5 Å². The molecule has 0 saturated heterocycles. The zero-order chi connectivity index (χ0) is 15.9. The minimum absolute atomic E-state index is 0.275. The summed E-state index contributed by atoms with van der Waals surface area (Å²) >= 11 is 0. The third-order valence-corrected chi connectivity index (χ3v) is 3.09. The van der Waals surface area contributed by atoms with E-state index in [1.54, 1.807) is 19.3 Å². The Morgan fingerprint density at radius 1 is 1.43 bits per heavy atom. The number of imidazole rings is 1. The maximum atomic E-state index is 12.2. The first-order valence-electron chi connectivity index (χ1n) is 7.29. The van der Waals surface area contributed by atoms with Crippen molar-refractivity contribution in [3.05, 3.63) is 18.2 Å². The zero-order valence-electron chi connectivity index (χ0n) is 13.2. The van der Waals surface area contributed by atoms with Gasteiger partial charge in [0.1, 0.15) is 11.7 Å². The van der Waals surface area contributed by atoms with Gasteiger partial charge in [-0.25, -0.2) is 4.98 Å². The normalized spacial score (nSPS) is 12.8. The van der Waals surface area contributed by atoms with Crippen LogP contribution in [0.25, 0.3) is 0 Å². The lowest BCUT2D eigenvalue weighted by Crippen LogP contribution is -2.44. The fourth-order valence-corrected chi connectivity index (χ4v) is 2.08. The Kier molecular flexibility index (Phi) is 6.39. The van der Waals surface area contributed by atoms with E-state index in [9.17, 15) is 9.59 Å². The SMILES string of the molecule is CCOC(=O)C(C(=O)NCCCc1ncc[nH]1)C(C)(C)C. The molecule has 6 nitrogen and oxygen atoms in total. The van der Waals surface area contributed by atoms with Gasteiger partial charge in [0.15, 0.2) is 0 Å². The number of nitrogens with one attached hydrogen (secondary N) is 2. The minimum Gasteiger partial charge on any atom is -0.465 e. The van der Waals surface area contributed by atoms with Crippen LogP contribution < -0.4 is 5.32 Å². The standard InChI is InChI=1S/C15H25N3O3/c1-5-21-14(20)12(15(2,3)4)13(19)18-8-6-7-11-16-9-10-17-11/h9-10,12H,5-8H2,1-4H3,(H,16,17)(H,18,19). The Morgan fingerprint density at radius 2 is 2.14 bits per heavy atom. The molecule has 0 aliphatic carbocycles. The summed E-state index contributed by atoms with van der Waals surface area (Å²) in [5, 5.41) is 2.81. The van der Waals surface area contributed by atoms with E-state index >= 15 is 0 Å². The van der Waals surface area contributed by atoms with Gasteiger partial charge in [-0.3, -0.25) is 9.59 Å². The van der Waals surface area contributed by atoms with Crippen LogP contribution in [0.3, 0.4) is 0 Å². The predicted octanol–water partition coefficient (Wildman–Crippen LogP) is 1.68. The van der Waals surface area contributed by atoms with Crippen molar-refractivity contribution in [1.82, 2.24) is 15.3 Å². The Hall–Kier alpha value is -1.85. The van der Waals surface area contributed by atoms with Gasteiger partial charge in [-0.1, -0.05) is 20.8 Å². The van der Waals surface area contributed by atoms with Gasteiger partial charge in [0.05, 0.1) is 6.61 Å². The molecule has 0 spiro atoms. The van der Waals surface area contributed by atoms with Crippen LogP contribution in [0.5, 0.6) is 0 Å². The number of aryl methyl sites for hydroxylation is 1. The molecule has 0 aliphatic heterocycles. The van der Waals surface area contributed by atoms with E-state index in [-0.39, 0.29) is 12.5 Å². The van der Waals surface area contributed by atoms with Gasteiger partial charge in [0.25, 0.3) is 0 Å². The summed E-state index contributed by atoms with van der Waals surface area (Å²) in [6, 6.07) is 0. The first kappa shape index (κ1) is 17.2. The number of carbonyl (C=O) groups excluding carboxylic acids is 2. The highest BCUT2D eigenvalue weighted by Gasteiger charge is 2.38. The van der Waals surface area contributed by atoms with Crippen molar-refractivity contribution >= 4 is 11.9 Å². The molecule has 0 aliphatic rings. The van der Waals surface area contributed by atoms with E-state index in [1.807, 2.05) is 20.8 Å². The number of hydrogen-bond donors (Lipinski definition) is 2. The summed E-state index contributed by atoms with van der Waals surface area (Å²) in [5.74, 6) is -0.642. The molecule has 2 N–H and O–H groups in total. The molecule has 0 saturated carbocycles. The maximum absolute atomic E-state index is 12.2. The second-order valence-corrected chi connectivity index (χ2v) is 5.98. The summed E-state index contributed by atoms with van der Waals surface area (Å²) in [4.78, 5) is 31.3. The minimum atomic E-state index is -0.791. The first-order chi connectivity index (χ1) is 9.86. The smallest absolute Gasteiger partial charge is 0.319 e. The van der Waals surface area contributed by atoms with Gasteiger partial charge in [-0.15, -0.1) is 0 Å². The molecule has 118 valence electrons. The van der Waals surface area contributed by atoms with Crippen LogP contribution >= 0.6 is 0 Å². The Labute approximate surface area is 125 Å². The van der Waals surface area contributed by atoms with E-state index in [0.29, 0.717) is 6.54 Å². The fraction of sp³-hybridized carbons (Fsp3) is 0.667. The monoisotopic (exact) mass is 295 g/mol. The lowest BCUT2D eigenvalue weighted by Gasteiger charge is -2.27. The van der Waals surface area contributed by atoms with Crippen molar-refractivity contribution in [2.24, 2.45) is 11.3 Å². The molecule has 1 atom stereocenters. The molecule has 6 heteroatoms. The van der Waals surface area contributed by atoms with Crippen molar-refractivity contribution in [1.29, 1.82) is 0 Å². The molecule has 1 aromatic heterocycles. The van der Waals surface area contributed by atoms with E-state index < -0.39 is 17.3 Å². The number of aromatic amines is 1. The van der Waals surface area contributed by atoms with Gasteiger partial charge >= 0.3 is 5.97 Å². The summed E-state index contributed by atoms with van der Waals surface area (Å²) in [7, 11) is 0. The summed E-state index contributed by atoms with van der Waals surface area (Å²) in [5.41, 5.74) is -0.475. The molecule has 21 heavy (non-hydrogen) atoms. The van der Waals surface area contributed by atoms with Crippen molar-refractivity contribution in [3.63, 3.8) is 0 Å². The third-order valence-electron chi connectivity index (χ3n) is 3.09. The number of hydrogen-bond acceptors (Lipinski definition) is 4. The average molecular weight is 295 g/mol. The summed E-state index contributed by atoms with van der Waals surface area (Å²) < 4.78 is 5.00. The van der Waals surface area contributed by atoms with Crippen LogP contribution in [0.2, 0.25) is 0 Å². The van der Waals surface area contributed by atoms with Crippen LogP contribution in [-0.2, 0) is 20.7 Å². The molecular formula is C15H25N3O3. The number of amides is 1. The van der Waals surface area contributed by atoms with Gasteiger partial charge in [0, 0.05) is 25.4 Å². The second-order valence-electron chi connectivity index (χ2n) is 5.98. The predicted molar refractivity (Wildman–Crippen MR) is 79.5 cm³/mol. The topological polar surface area (TPSA) is 84.1 Å². The number of esters is 1. The quantitative estimate of drug-likeness (QED) is 0.455. The lowest BCUT2D eigenvalue weighted by atomic mass is 9.80. The summed E-state index contributed by atoms with van der Waals surface area (Å²) in [6.07, 6.45) is 4.99. The van der Waals surface area contributed by atoms with Crippen LogP contribution in [0.15, 0.2) is 12.4 Å². The largest absolute Gasteiger partial charge is 0.465 e. The summed E-state index contributed by atoms with van der Waals surface area (Å²) in [6.45, 7) is 8.09. The lowest BCUT2D eigenvalue weighted by molar-refractivity contribution is -0.156. The van der Waals surface area contributed by atoms with Gasteiger partial charge in [0.2, 0.25) is 5.91 Å². The average Bonchev–Trinajstić information content (AvgIpc) is 2.86. The van der Waals surface area contributed by atoms with E-state index in [0.717, 1.165) is 18.7 Å². The number of nitrogens with zero attached hydrogens (tertiary/aromatic N) is 1. The first-order valence-corrected chi connectivity index (χ1v) is 7.29. The van der Waals surface area contributed by atoms with E-state index in [1.165, 1.54) is 0 Å². The molecule has 1 rings (SSSR count). The highest BCUT2D eigenvalue weighted by molar-refractivity contribution is 5.98. The Bertz CT molecular complexity index is 449. The van der Waals surface area contributed by atoms with Crippen molar-refractivity contribution in [3.8, 4) is 0 Å². The van der Waals surface area contributed by atoms with Crippen molar-refractivity contribution < 1.29 is 14.3 Å². The van der Waals surface area contributed by atoms with Crippen LogP contribution in [0.4, 0.5) is 0 Å². The van der Waals surface area contributed by atoms with E-state index in [2.05, 4.69) is 15.3 Å². The number of aromatic nitrogens is 2. The van der Waals surface area contributed by atoms with Crippen LogP contribution in [-0.4, -0.2) is 35.0 Å². The van der Waals surface area contributed by atoms with Gasteiger partial charge in [-0.2, -0.15) is 0 Å². The second kappa shape index (κ2) is 7.81. The molecule has 1 unspecified atom stereocenters. The number of carbonyl (C=O) groups is 2. The highest BCUT2D eigenvalue weighted by Crippen LogP contribution is 2.27. The number of ether oxygens (including phenoxy) is 1. The maximum Gasteiger partial charge on any atom is 0.319 e. The van der Waals surface area contributed by atoms with Crippen molar-refractivity contribution in [2.75, 3.05) is 13.2 Å². The highest BCUT2D eigenvalue weighted by atomic mass is 16.5. The Morgan fingerprint density at radius 3 is 2.67 bits per heavy atom. The third kappa shape index (κ3) is 5.57. The van der Waals surface area contributed by atoms with E-state index in [4.69, 9.17) is 4.74 Å². The Balaban J connectivity index is 2.47. The molecule has 1 heterocycles. The van der Waals surface area contributed by atoms with Crippen LogP contribution in [0.1, 0.15) is 39.9 Å². The number of rotatable bonds is 7. The van der Waals surface area contributed by atoms with Gasteiger partial charge in [-0.05, 0) is 18.8 Å².